The van der Waals surface area contributed by atoms with Gasteiger partial charge in [-0.2, -0.15) is 0 Å². The zero-order valence-electron chi connectivity index (χ0n) is 14.5. The highest BCUT2D eigenvalue weighted by molar-refractivity contribution is 5.79. The van der Waals surface area contributed by atoms with Crippen molar-refractivity contribution in [3.8, 4) is 0 Å². The van der Waals surface area contributed by atoms with Gasteiger partial charge in [-0.05, 0) is 44.7 Å². The number of aliphatic imine (C=N–C) groups is 1. The smallest absolute Gasteiger partial charge is 0.407 e. The zero-order valence-corrected chi connectivity index (χ0v) is 14.5. The summed E-state index contributed by atoms with van der Waals surface area (Å²) in [5.41, 5.74) is 0. The highest BCUT2D eigenvalue weighted by Crippen LogP contribution is 2.32. The van der Waals surface area contributed by atoms with Crippen molar-refractivity contribution >= 4 is 12.1 Å². The van der Waals surface area contributed by atoms with Crippen molar-refractivity contribution in [1.82, 2.24) is 16.0 Å². The minimum Gasteiger partial charge on any atom is -0.469 e. The summed E-state index contributed by atoms with van der Waals surface area (Å²) in [6.07, 6.45) is 4.38. The predicted molar refractivity (Wildman–Crippen MR) is 93.1 cm³/mol. The lowest BCUT2D eigenvalue weighted by Gasteiger charge is -2.17. The second kappa shape index (κ2) is 9.85. The van der Waals surface area contributed by atoms with E-state index in [1.807, 2.05) is 19.1 Å². The fraction of sp³-hybridized carbons (Fsp3) is 0.647. The van der Waals surface area contributed by atoms with Crippen LogP contribution in [0.5, 0.6) is 0 Å². The molecule has 0 saturated heterocycles. The lowest BCUT2D eigenvalue weighted by atomic mass is 10.2. The molecule has 0 aliphatic heterocycles. The number of guanidine groups is 1. The molecule has 1 atom stereocenters. The molecule has 1 aliphatic carbocycles. The van der Waals surface area contributed by atoms with E-state index in [-0.39, 0.29) is 12.1 Å². The van der Waals surface area contributed by atoms with E-state index in [0.717, 1.165) is 44.1 Å². The van der Waals surface area contributed by atoms with Gasteiger partial charge >= 0.3 is 6.09 Å². The molecule has 1 fully saturated rings. The molecule has 0 spiro atoms. The molecular weight excluding hydrogens is 308 g/mol. The van der Waals surface area contributed by atoms with Crippen LogP contribution in [0.1, 0.15) is 32.4 Å². The van der Waals surface area contributed by atoms with Crippen LogP contribution in [0.15, 0.2) is 27.8 Å². The number of rotatable bonds is 9. The second-order valence-electron chi connectivity index (χ2n) is 5.78. The maximum absolute atomic E-state index is 11.6. The lowest BCUT2D eigenvalue weighted by molar-refractivity contribution is 0.147. The average molecular weight is 336 g/mol. The maximum atomic E-state index is 11.6. The summed E-state index contributed by atoms with van der Waals surface area (Å²) < 4.78 is 10.3. The fourth-order valence-corrected chi connectivity index (χ4v) is 2.43. The molecule has 1 aromatic heterocycles. The van der Waals surface area contributed by atoms with Gasteiger partial charge in [0.05, 0.1) is 25.5 Å². The number of hydrogen-bond donors (Lipinski definition) is 3. The van der Waals surface area contributed by atoms with E-state index in [9.17, 15) is 4.79 Å². The number of nitrogens with zero attached hydrogens (tertiary/aromatic N) is 1. The van der Waals surface area contributed by atoms with E-state index in [2.05, 4.69) is 20.9 Å². The van der Waals surface area contributed by atoms with E-state index in [4.69, 9.17) is 9.15 Å². The third-order valence-electron chi connectivity index (χ3n) is 3.80. The number of ether oxygens (including phenoxy) is 1. The van der Waals surface area contributed by atoms with E-state index in [0.29, 0.717) is 19.1 Å². The molecule has 7 heteroatoms. The molecule has 2 rings (SSSR count). The zero-order chi connectivity index (χ0) is 17.2. The first-order valence-corrected chi connectivity index (χ1v) is 8.70. The third-order valence-corrected chi connectivity index (χ3v) is 3.80. The number of furan rings is 1. The molecular formula is C17H28N4O3. The Hall–Kier alpha value is -2.18. The molecule has 3 N–H and O–H groups in total. The van der Waals surface area contributed by atoms with Crippen LogP contribution in [0.3, 0.4) is 0 Å². The first kappa shape index (κ1) is 18.2. The highest BCUT2D eigenvalue weighted by atomic mass is 16.5. The number of hydrogen-bond acceptors (Lipinski definition) is 4. The summed E-state index contributed by atoms with van der Waals surface area (Å²) in [5.74, 6) is 2.20. The summed E-state index contributed by atoms with van der Waals surface area (Å²) >= 11 is 0. The van der Waals surface area contributed by atoms with Gasteiger partial charge < -0.3 is 25.1 Å². The summed E-state index contributed by atoms with van der Waals surface area (Å²) in [7, 11) is 0. The van der Waals surface area contributed by atoms with Crippen LogP contribution in [0.4, 0.5) is 4.79 Å². The minimum atomic E-state index is -0.361. The minimum absolute atomic E-state index is 0.0320. The van der Waals surface area contributed by atoms with Gasteiger partial charge in [0.25, 0.3) is 0 Å². The Balaban J connectivity index is 1.81. The first-order chi connectivity index (χ1) is 11.7. The monoisotopic (exact) mass is 336 g/mol. The Labute approximate surface area is 143 Å². The van der Waals surface area contributed by atoms with Crippen molar-refractivity contribution < 1.29 is 13.9 Å². The summed E-state index contributed by atoms with van der Waals surface area (Å²) in [4.78, 5) is 16.2. The van der Waals surface area contributed by atoms with Crippen LogP contribution in [0.2, 0.25) is 0 Å². The number of carbonyl (C=O) groups excluding carboxylic acids is 1. The highest BCUT2D eigenvalue weighted by Gasteiger charge is 2.32. The van der Waals surface area contributed by atoms with Gasteiger partial charge in [0.1, 0.15) is 5.76 Å². The largest absolute Gasteiger partial charge is 0.469 e. The van der Waals surface area contributed by atoms with Gasteiger partial charge in [-0.25, -0.2) is 4.79 Å². The summed E-state index contributed by atoms with van der Waals surface area (Å²) in [6, 6.07) is 3.87. The predicted octanol–water partition coefficient (Wildman–Crippen LogP) is 1.90. The Morgan fingerprint density at radius 1 is 1.42 bits per heavy atom. The number of nitrogens with one attached hydrogen (secondary N) is 3. The molecule has 1 unspecified atom stereocenters. The summed E-state index contributed by atoms with van der Waals surface area (Å²) in [6.45, 7) is 6.27. The van der Waals surface area contributed by atoms with Crippen molar-refractivity contribution in [2.24, 2.45) is 10.9 Å². The molecule has 0 bridgehead atoms. The van der Waals surface area contributed by atoms with Gasteiger partial charge in [0.15, 0.2) is 5.96 Å². The van der Waals surface area contributed by atoms with Gasteiger partial charge in [0, 0.05) is 19.5 Å². The molecule has 1 aliphatic rings. The van der Waals surface area contributed by atoms with Crippen molar-refractivity contribution in [3.05, 3.63) is 24.2 Å². The average Bonchev–Trinajstić information content (AvgIpc) is 3.28. The van der Waals surface area contributed by atoms with Crippen molar-refractivity contribution in [3.63, 3.8) is 0 Å². The Morgan fingerprint density at radius 2 is 2.25 bits per heavy atom. The van der Waals surface area contributed by atoms with E-state index >= 15 is 0 Å². The van der Waals surface area contributed by atoms with Gasteiger partial charge in [-0.1, -0.05) is 0 Å². The van der Waals surface area contributed by atoms with Crippen LogP contribution < -0.4 is 16.0 Å². The van der Waals surface area contributed by atoms with Crippen LogP contribution in [-0.2, 0) is 11.2 Å². The fourth-order valence-electron chi connectivity index (χ4n) is 2.43. The Bertz CT molecular complexity index is 512. The number of alkyl carbamates (subject to hydrolysis) is 1. The maximum Gasteiger partial charge on any atom is 0.407 e. The van der Waals surface area contributed by atoms with Crippen LogP contribution in [0, 0.1) is 5.92 Å². The molecule has 1 heterocycles. The Kier molecular flexibility index (Phi) is 7.45. The molecule has 0 radical (unpaired) electrons. The van der Waals surface area contributed by atoms with Crippen molar-refractivity contribution in [2.45, 2.75) is 39.2 Å². The normalized spacial score (nSPS) is 15.7. The van der Waals surface area contributed by atoms with Gasteiger partial charge in [-0.3, -0.25) is 4.99 Å². The van der Waals surface area contributed by atoms with Gasteiger partial charge in [0.2, 0.25) is 0 Å². The third kappa shape index (κ3) is 6.52. The lowest BCUT2D eigenvalue weighted by Crippen LogP contribution is -2.42. The standard InChI is InChI=1S/C17H28N4O3/c1-3-18-16(19-10-9-14-6-5-11-24-14)20-12-15(13-7-8-13)21-17(22)23-4-2/h5-6,11,13,15H,3-4,7-10,12H2,1-2H3,(H,21,22)(H2,18,19,20). The number of carbonyl (C=O) groups is 1. The second-order valence-corrected chi connectivity index (χ2v) is 5.78. The molecule has 1 aromatic rings. The molecule has 1 amide bonds. The molecule has 7 nitrogen and oxygen atoms in total. The molecule has 24 heavy (non-hydrogen) atoms. The topological polar surface area (TPSA) is 87.9 Å². The first-order valence-electron chi connectivity index (χ1n) is 8.70. The molecule has 1 saturated carbocycles. The Morgan fingerprint density at radius 3 is 2.88 bits per heavy atom. The summed E-state index contributed by atoms with van der Waals surface area (Å²) in [5, 5.41) is 9.42. The van der Waals surface area contributed by atoms with E-state index in [1.165, 1.54) is 0 Å². The van der Waals surface area contributed by atoms with Crippen molar-refractivity contribution in [2.75, 3.05) is 26.2 Å². The van der Waals surface area contributed by atoms with Crippen LogP contribution in [-0.4, -0.2) is 44.3 Å². The van der Waals surface area contributed by atoms with Crippen LogP contribution >= 0.6 is 0 Å². The van der Waals surface area contributed by atoms with E-state index < -0.39 is 0 Å². The van der Waals surface area contributed by atoms with E-state index in [1.54, 1.807) is 13.2 Å². The van der Waals surface area contributed by atoms with Crippen molar-refractivity contribution in [1.29, 1.82) is 0 Å². The number of amides is 1. The quantitative estimate of drug-likeness (QED) is 0.473. The van der Waals surface area contributed by atoms with Crippen LogP contribution in [0.25, 0.3) is 0 Å². The molecule has 0 aromatic carbocycles. The van der Waals surface area contributed by atoms with Gasteiger partial charge in [-0.15, -0.1) is 0 Å². The molecule has 134 valence electrons. The SMILES string of the molecule is CCNC(=NCC(NC(=O)OCC)C1CC1)NCCc1ccco1.